The van der Waals surface area contributed by atoms with Crippen LogP contribution in [0.25, 0.3) is 11.0 Å². The van der Waals surface area contributed by atoms with E-state index in [-0.39, 0.29) is 12.5 Å². The van der Waals surface area contributed by atoms with Crippen LogP contribution in [0.2, 0.25) is 0 Å². The standard InChI is InChI=1S/C12H16N4O/c1-3-16-10-7-5-4-6-9(10)14-12(16)15-11(17)8-13-2/h4-7,13H,3,8H2,1-2H3,(H,14,15,17). The fourth-order valence-electron chi connectivity index (χ4n) is 1.82. The number of imidazole rings is 1. The zero-order valence-electron chi connectivity index (χ0n) is 10.0. The molecule has 0 fully saturated rings. The van der Waals surface area contributed by atoms with Crippen LogP contribution in [0.15, 0.2) is 24.3 Å². The molecule has 90 valence electrons. The van der Waals surface area contributed by atoms with Gasteiger partial charge in [0.05, 0.1) is 17.6 Å². The molecule has 0 unspecified atom stereocenters. The molecule has 1 aromatic carbocycles. The quantitative estimate of drug-likeness (QED) is 0.833. The van der Waals surface area contributed by atoms with Gasteiger partial charge in [-0.25, -0.2) is 4.98 Å². The van der Waals surface area contributed by atoms with Crippen molar-refractivity contribution in [2.75, 3.05) is 18.9 Å². The highest BCUT2D eigenvalue weighted by Gasteiger charge is 2.10. The lowest BCUT2D eigenvalue weighted by molar-refractivity contribution is -0.115. The average Bonchev–Trinajstić information content (AvgIpc) is 2.66. The molecule has 2 rings (SSSR count). The number of hydrogen-bond acceptors (Lipinski definition) is 3. The molecule has 0 bridgehead atoms. The molecule has 5 nitrogen and oxygen atoms in total. The van der Waals surface area contributed by atoms with Crippen molar-refractivity contribution in [1.82, 2.24) is 14.9 Å². The number of para-hydroxylation sites is 2. The molecular weight excluding hydrogens is 216 g/mol. The van der Waals surface area contributed by atoms with Crippen molar-refractivity contribution in [1.29, 1.82) is 0 Å². The molecule has 1 amide bonds. The van der Waals surface area contributed by atoms with E-state index in [4.69, 9.17) is 0 Å². The Labute approximate surface area is 99.8 Å². The van der Waals surface area contributed by atoms with Gasteiger partial charge in [0.15, 0.2) is 0 Å². The maximum absolute atomic E-state index is 11.5. The first-order chi connectivity index (χ1) is 8.26. The minimum absolute atomic E-state index is 0.0856. The molecule has 2 N–H and O–H groups in total. The topological polar surface area (TPSA) is 59.0 Å². The smallest absolute Gasteiger partial charge is 0.240 e. The van der Waals surface area contributed by atoms with Gasteiger partial charge in [-0.05, 0) is 26.1 Å². The summed E-state index contributed by atoms with van der Waals surface area (Å²) in [5, 5.41) is 5.61. The Morgan fingerprint density at radius 1 is 1.41 bits per heavy atom. The molecule has 0 aliphatic heterocycles. The molecule has 0 atom stereocenters. The van der Waals surface area contributed by atoms with E-state index in [2.05, 4.69) is 15.6 Å². The zero-order chi connectivity index (χ0) is 12.3. The Kier molecular flexibility index (Phi) is 3.39. The Morgan fingerprint density at radius 2 is 2.18 bits per heavy atom. The van der Waals surface area contributed by atoms with E-state index in [1.54, 1.807) is 7.05 Å². The highest BCUT2D eigenvalue weighted by Crippen LogP contribution is 2.18. The van der Waals surface area contributed by atoms with E-state index < -0.39 is 0 Å². The maximum Gasteiger partial charge on any atom is 0.240 e. The highest BCUT2D eigenvalue weighted by atomic mass is 16.2. The van der Waals surface area contributed by atoms with E-state index in [0.29, 0.717) is 5.95 Å². The average molecular weight is 232 g/mol. The lowest BCUT2D eigenvalue weighted by atomic mass is 10.3. The normalized spacial score (nSPS) is 10.7. The number of benzene rings is 1. The van der Waals surface area contributed by atoms with Gasteiger partial charge in [-0.15, -0.1) is 0 Å². The number of nitrogens with zero attached hydrogens (tertiary/aromatic N) is 2. The van der Waals surface area contributed by atoms with Crippen LogP contribution in [0, 0.1) is 0 Å². The number of anilines is 1. The van der Waals surface area contributed by atoms with E-state index in [1.165, 1.54) is 0 Å². The monoisotopic (exact) mass is 232 g/mol. The van der Waals surface area contributed by atoms with Crippen molar-refractivity contribution in [2.24, 2.45) is 0 Å². The number of carbonyl (C=O) groups excluding carboxylic acids is 1. The van der Waals surface area contributed by atoms with Crippen molar-refractivity contribution in [3.05, 3.63) is 24.3 Å². The predicted molar refractivity (Wildman–Crippen MR) is 68.0 cm³/mol. The van der Waals surface area contributed by atoms with Crippen LogP contribution in [0.1, 0.15) is 6.92 Å². The Morgan fingerprint density at radius 3 is 2.88 bits per heavy atom. The maximum atomic E-state index is 11.5. The van der Waals surface area contributed by atoms with Crippen LogP contribution >= 0.6 is 0 Å². The van der Waals surface area contributed by atoms with Gasteiger partial charge < -0.3 is 9.88 Å². The number of nitrogens with one attached hydrogen (secondary N) is 2. The molecule has 0 aliphatic carbocycles. The summed E-state index contributed by atoms with van der Waals surface area (Å²) in [5.41, 5.74) is 1.93. The minimum atomic E-state index is -0.0856. The second-order valence-corrected chi connectivity index (χ2v) is 3.75. The number of aryl methyl sites for hydroxylation is 1. The lowest BCUT2D eigenvalue weighted by Crippen LogP contribution is -2.26. The number of rotatable bonds is 4. The third-order valence-corrected chi connectivity index (χ3v) is 2.56. The zero-order valence-corrected chi connectivity index (χ0v) is 10.0. The molecule has 17 heavy (non-hydrogen) atoms. The first-order valence-electron chi connectivity index (χ1n) is 5.66. The van der Waals surface area contributed by atoms with Gasteiger partial charge in [0.25, 0.3) is 0 Å². The summed E-state index contributed by atoms with van der Waals surface area (Å²) in [6.45, 7) is 3.09. The summed E-state index contributed by atoms with van der Waals surface area (Å²) in [6, 6.07) is 7.85. The third kappa shape index (κ3) is 2.29. The Hall–Kier alpha value is -1.88. The van der Waals surface area contributed by atoms with Crippen LogP contribution in [0.3, 0.4) is 0 Å². The highest BCUT2D eigenvalue weighted by molar-refractivity contribution is 5.92. The lowest BCUT2D eigenvalue weighted by Gasteiger charge is -2.06. The van der Waals surface area contributed by atoms with Crippen LogP contribution in [0.5, 0.6) is 0 Å². The molecule has 1 heterocycles. The molecule has 2 aromatic rings. The first kappa shape index (κ1) is 11.6. The SMILES string of the molecule is CCn1c(NC(=O)CNC)nc2ccccc21. The van der Waals surface area contributed by atoms with Crippen molar-refractivity contribution in [3.63, 3.8) is 0 Å². The summed E-state index contributed by atoms with van der Waals surface area (Å²) in [7, 11) is 1.74. The van der Waals surface area contributed by atoms with Crippen LogP contribution in [0.4, 0.5) is 5.95 Å². The number of aromatic nitrogens is 2. The minimum Gasteiger partial charge on any atom is -0.311 e. The van der Waals surface area contributed by atoms with E-state index in [9.17, 15) is 4.79 Å². The molecule has 0 saturated carbocycles. The molecule has 0 saturated heterocycles. The van der Waals surface area contributed by atoms with Crippen molar-refractivity contribution in [2.45, 2.75) is 13.5 Å². The Bertz CT molecular complexity index is 532. The van der Waals surface area contributed by atoms with Crippen LogP contribution in [-0.4, -0.2) is 29.1 Å². The van der Waals surface area contributed by atoms with Crippen molar-refractivity contribution < 1.29 is 4.79 Å². The van der Waals surface area contributed by atoms with Gasteiger partial charge in [-0.2, -0.15) is 0 Å². The first-order valence-corrected chi connectivity index (χ1v) is 5.66. The third-order valence-electron chi connectivity index (χ3n) is 2.56. The molecule has 5 heteroatoms. The number of likely N-dealkylation sites (N-methyl/N-ethyl adjacent to an activating group) is 1. The van der Waals surface area contributed by atoms with Gasteiger partial charge in [-0.1, -0.05) is 12.1 Å². The van der Waals surface area contributed by atoms with Gasteiger partial charge >= 0.3 is 0 Å². The van der Waals surface area contributed by atoms with Crippen molar-refractivity contribution >= 4 is 22.9 Å². The van der Waals surface area contributed by atoms with E-state index >= 15 is 0 Å². The number of amides is 1. The summed E-state index contributed by atoms with van der Waals surface area (Å²) in [6.07, 6.45) is 0. The number of fused-ring (bicyclic) bond motifs is 1. The number of hydrogen-bond donors (Lipinski definition) is 2. The summed E-state index contributed by atoms with van der Waals surface area (Å²) < 4.78 is 1.99. The second-order valence-electron chi connectivity index (χ2n) is 3.75. The summed E-state index contributed by atoms with van der Waals surface area (Å²) in [5.74, 6) is 0.520. The second kappa shape index (κ2) is 4.97. The molecule has 0 aliphatic rings. The molecule has 1 aromatic heterocycles. The fourth-order valence-corrected chi connectivity index (χ4v) is 1.82. The molecule has 0 radical (unpaired) electrons. The van der Waals surface area contributed by atoms with Gasteiger partial charge in [0.1, 0.15) is 0 Å². The predicted octanol–water partition coefficient (Wildman–Crippen LogP) is 1.21. The fraction of sp³-hybridized carbons (Fsp3) is 0.333. The van der Waals surface area contributed by atoms with Crippen LogP contribution < -0.4 is 10.6 Å². The van der Waals surface area contributed by atoms with Crippen molar-refractivity contribution in [3.8, 4) is 0 Å². The van der Waals surface area contributed by atoms with Gasteiger partial charge in [0.2, 0.25) is 11.9 Å². The van der Waals surface area contributed by atoms with Gasteiger partial charge in [0, 0.05) is 6.54 Å². The van der Waals surface area contributed by atoms with E-state index in [1.807, 2.05) is 35.8 Å². The van der Waals surface area contributed by atoms with Crippen LogP contribution in [-0.2, 0) is 11.3 Å². The number of carbonyl (C=O) groups is 1. The molecular formula is C12H16N4O. The Balaban J connectivity index is 2.36. The summed E-state index contributed by atoms with van der Waals surface area (Å²) in [4.78, 5) is 15.9. The summed E-state index contributed by atoms with van der Waals surface area (Å²) >= 11 is 0. The largest absolute Gasteiger partial charge is 0.311 e. The van der Waals surface area contributed by atoms with E-state index in [0.717, 1.165) is 17.6 Å². The van der Waals surface area contributed by atoms with Gasteiger partial charge in [-0.3, -0.25) is 10.1 Å². The molecule has 0 spiro atoms.